The number of rotatable bonds is 3. The van der Waals surface area contributed by atoms with E-state index in [-0.39, 0.29) is 0 Å². The molecule has 0 aromatic heterocycles. The van der Waals surface area contributed by atoms with Gasteiger partial charge in [-0.3, -0.25) is 4.90 Å². The molecule has 0 unspecified atom stereocenters. The molecule has 2 rings (SSSR count). The molecule has 0 aromatic carbocycles. The molecule has 2 aliphatic heterocycles. The lowest BCUT2D eigenvalue weighted by atomic mass is 9.96. The second-order valence-electron chi connectivity index (χ2n) is 4.58. The van der Waals surface area contributed by atoms with Crippen LogP contribution >= 0.6 is 0 Å². The lowest BCUT2D eigenvalue weighted by molar-refractivity contribution is 0.0576. The van der Waals surface area contributed by atoms with Crippen LogP contribution in [0.5, 0.6) is 0 Å². The fourth-order valence-electron chi connectivity index (χ4n) is 2.44. The average molecular weight is 210 g/mol. The molecule has 0 aliphatic carbocycles. The normalized spacial score (nSPS) is 25.4. The Kier molecular flexibility index (Phi) is 4.03. The van der Waals surface area contributed by atoms with E-state index in [2.05, 4.69) is 22.8 Å². The molecule has 0 atom stereocenters. The van der Waals surface area contributed by atoms with Gasteiger partial charge >= 0.3 is 0 Å². The predicted molar refractivity (Wildman–Crippen MR) is 61.5 cm³/mol. The van der Waals surface area contributed by atoms with Crippen LogP contribution < -0.4 is 0 Å². The van der Waals surface area contributed by atoms with Crippen molar-refractivity contribution in [3.63, 3.8) is 0 Å². The summed E-state index contributed by atoms with van der Waals surface area (Å²) in [7, 11) is 0. The quantitative estimate of drug-likeness (QED) is 0.702. The molecule has 0 aromatic rings. The zero-order chi connectivity index (χ0) is 10.5. The van der Waals surface area contributed by atoms with E-state index in [4.69, 9.17) is 4.74 Å². The minimum Gasteiger partial charge on any atom is -0.486 e. The summed E-state index contributed by atoms with van der Waals surface area (Å²) < 4.78 is 5.30. The van der Waals surface area contributed by atoms with Gasteiger partial charge in [-0.2, -0.15) is 0 Å². The molecule has 15 heavy (non-hydrogen) atoms. The maximum Gasteiger partial charge on any atom is 0.141 e. The van der Waals surface area contributed by atoms with Crippen molar-refractivity contribution < 1.29 is 4.74 Å². The molecule has 0 saturated carbocycles. The first kappa shape index (κ1) is 11.0. The Morgan fingerprint density at radius 1 is 1.27 bits per heavy atom. The Morgan fingerprint density at radius 3 is 2.67 bits per heavy atom. The summed E-state index contributed by atoms with van der Waals surface area (Å²) in [5.41, 5.74) is 0. The van der Waals surface area contributed by atoms with Crippen molar-refractivity contribution in [2.45, 2.75) is 19.8 Å². The Labute approximate surface area is 92.7 Å². The topological polar surface area (TPSA) is 15.7 Å². The molecule has 3 heteroatoms. The number of hydrogen-bond acceptors (Lipinski definition) is 3. The highest BCUT2D eigenvalue weighted by atomic mass is 16.5. The highest BCUT2D eigenvalue weighted by Crippen LogP contribution is 2.18. The minimum absolute atomic E-state index is 0.782. The average Bonchev–Trinajstić information content (AvgIpc) is 2.31. The first-order valence-corrected chi connectivity index (χ1v) is 6.10. The first-order valence-electron chi connectivity index (χ1n) is 6.10. The van der Waals surface area contributed by atoms with Gasteiger partial charge < -0.3 is 9.64 Å². The number of ether oxygens (including phenoxy) is 1. The van der Waals surface area contributed by atoms with E-state index in [0.717, 1.165) is 19.2 Å². The maximum absolute atomic E-state index is 5.30. The van der Waals surface area contributed by atoms with Gasteiger partial charge in [0.1, 0.15) is 6.73 Å². The largest absolute Gasteiger partial charge is 0.486 e. The molecule has 2 heterocycles. The van der Waals surface area contributed by atoms with Crippen molar-refractivity contribution in [2.24, 2.45) is 5.92 Å². The summed E-state index contributed by atoms with van der Waals surface area (Å²) >= 11 is 0. The Bertz CT molecular complexity index is 210. The van der Waals surface area contributed by atoms with Gasteiger partial charge in [0.2, 0.25) is 0 Å². The van der Waals surface area contributed by atoms with Crippen molar-refractivity contribution in [3.8, 4) is 0 Å². The molecule has 86 valence electrons. The maximum atomic E-state index is 5.30. The van der Waals surface area contributed by atoms with Gasteiger partial charge in [0.15, 0.2) is 0 Å². The standard InChI is InChI=1S/C12H22N2O/c1-2-13-7-4-12(5-8-13)10-14-6-3-9-15-11-14/h3,9,12H,2,4-8,10-11H2,1H3. The second kappa shape index (κ2) is 5.52. The van der Waals surface area contributed by atoms with E-state index in [1.54, 1.807) is 0 Å². The van der Waals surface area contributed by atoms with E-state index in [0.29, 0.717) is 0 Å². The fraction of sp³-hybridized carbons (Fsp3) is 0.833. The number of likely N-dealkylation sites (tertiary alicyclic amines) is 1. The van der Waals surface area contributed by atoms with Crippen molar-refractivity contribution >= 4 is 0 Å². The molecule has 1 fully saturated rings. The van der Waals surface area contributed by atoms with Crippen molar-refractivity contribution in [1.29, 1.82) is 0 Å². The van der Waals surface area contributed by atoms with Gasteiger partial charge in [-0.1, -0.05) is 6.92 Å². The van der Waals surface area contributed by atoms with E-state index < -0.39 is 0 Å². The SMILES string of the molecule is CCN1CCC(CN2CC=COC2)CC1. The Morgan fingerprint density at radius 2 is 2.07 bits per heavy atom. The summed E-state index contributed by atoms with van der Waals surface area (Å²) in [4.78, 5) is 4.94. The van der Waals surface area contributed by atoms with Gasteiger partial charge in [-0.25, -0.2) is 0 Å². The van der Waals surface area contributed by atoms with Crippen molar-refractivity contribution in [3.05, 3.63) is 12.3 Å². The summed E-state index contributed by atoms with van der Waals surface area (Å²) in [6.45, 7) is 9.09. The van der Waals surface area contributed by atoms with Gasteiger partial charge in [0, 0.05) is 13.1 Å². The monoisotopic (exact) mass is 210 g/mol. The lowest BCUT2D eigenvalue weighted by Gasteiger charge is -2.34. The van der Waals surface area contributed by atoms with E-state index in [9.17, 15) is 0 Å². The second-order valence-corrected chi connectivity index (χ2v) is 4.58. The van der Waals surface area contributed by atoms with E-state index in [1.165, 1.54) is 39.0 Å². The van der Waals surface area contributed by atoms with Crippen LogP contribution in [0.1, 0.15) is 19.8 Å². The fourth-order valence-corrected chi connectivity index (χ4v) is 2.44. The molecule has 2 aliphatic rings. The Balaban J connectivity index is 1.69. The molecule has 0 spiro atoms. The van der Waals surface area contributed by atoms with E-state index >= 15 is 0 Å². The third-order valence-corrected chi connectivity index (χ3v) is 3.48. The molecule has 0 bridgehead atoms. The highest BCUT2D eigenvalue weighted by Gasteiger charge is 2.20. The molecule has 0 N–H and O–H groups in total. The van der Waals surface area contributed by atoms with Crippen molar-refractivity contribution in [1.82, 2.24) is 9.80 Å². The van der Waals surface area contributed by atoms with Crippen LogP contribution in [0.2, 0.25) is 0 Å². The summed E-state index contributed by atoms with van der Waals surface area (Å²) in [6.07, 6.45) is 6.63. The van der Waals surface area contributed by atoms with Crippen LogP contribution in [0.25, 0.3) is 0 Å². The Hall–Kier alpha value is -0.540. The summed E-state index contributed by atoms with van der Waals surface area (Å²) in [5.74, 6) is 0.878. The number of piperidine rings is 1. The number of hydrogen-bond donors (Lipinski definition) is 0. The highest BCUT2D eigenvalue weighted by molar-refractivity contribution is 4.83. The predicted octanol–water partition coefficient (Wildman–Crippen LogP) is 1.52. The number of nitrogens with zero attached hydrogens (tertiary/aromatic N) is 2. The van der Waals surface area contributed by atoms with Crippen LogP contribution in [0.15, 0.2) is 12.3 Å². The van der Waals surface area contributed by atoms with Gasteiger partial charge in [0.05, 0.1) is 6.26 Å². The smallest absolute Gasteiger partial charge is 0.141 e. The molecular formula is C12H22N2O. The molecular weight excluding hydrogens is 188 g/mol. The van der Waals surface area contributed by atoms with Crippen LogP contribution in [0.3, 0.4) is 0 Å². The lowest BCUT2D eigenvalue weighted by Crippen LogP contribution is -2.39. The molecule has 1 saturated heterocycles. The third-order valence-electron chi connectivity index (χ3n) is 3.48. The zero-order valence-corrected chi connectivity index (χ0v) is 9.69. The molecule has 0 amide bonds. The van der Waals surface area contributed by atoms with Gasteiger partial charge in [0.25, 0.3) is 0 Å². The first-order chi connectivity index (χ1) is 7.38. The van der Waals surface area contributed by atoms with Crippen LogP contribution in [-0.4, -0.2) is 49.3 Å². The summed E-state index contributed by atoms with van der Waals surface area (Å²) in [5, 5.41) is 0. The van der Waals surface area contributed by atoms with E-state index in [1.807, 2.05) is 6.26 Å². The zero-order valence-electron chi connectivity index (χ0n) is 9.69. The van der Waals surface area contributed by atoms with Gasteiger partial charge in [-0.15, -0.1) is 0 Å². The molecule has 3 nitrogen and oxygen atoms in total. The van der Waals surface area contributed by atoms with Crippen LogP contribution in [0, 0.1) is 5.92 Å². The van der Waals surface area contributed by atoms with Gasteiger partial charge in [-0.05, 0) is 44.5 Å². The van der Waals surface area contributed by atoms with Crippen LogP contribution in [0.4, 0.5) is 0 Å². The summed E-state index contributed by atoms with van der Waals surface area (Å²) in [6, 6.07) is 0. The van der Waals surface area contributed by atoms with Crippen LogP contribution in [-0.2, 0) is 4.74 Å². The van der Waals surface area contributed by atoms with Crippen molar-refractivity contribution in [2.75, 3.05) is 39.5 Å². The third kappa shape index (κ3) is 3.21. The minimum atomic E-state index is 0.782. The molecule has 0 radical (unpaired) electrons.